The second kappa shape index (κ2) is 7.73. The number of benzene rings is 1. The van der Waals surface area contributed by atoms with Crippen molar-refractivity contribution in [3.63, 3.8) is 0 Å². The molecule has 3 rings (SSSR count). The Bertz CT molecular complexity index is 680. The molecule has 5 heteroatoms. The molecule has 0 unspecified atom stereocenters. The number of carbonyl (C=O) groups excluding carboxylic acids is 2. The summed E-state index contributed by atoms with van der Waals surface area (Å²) in [5.41, 5.74) is 1.81. The molecule has 1 aliphatic heterocycles. The molecule has 2 aromatic rings. The van der Waals surface area contributed by atoms with E-state index < -0.39 is 0 Å². The molecule has 0 spiro atoms. The maximum atomic E-state index is 12.3. The third kappa shape index (κ3) is 3.98. The zero-order chi connectivity index (χ0) is 16.8. The van der Waals surface area contributed by atoms with Crippen molar-refractivity contribution in [1.29, 1.82) is 0 Å². The van der Waals surface area contributed by atoms with E-state index in [1.54, 1.807) is 24.5 Å². The van der Waals surface area contributed by atoms with Gasteiger partial charge in [0, 0.05) is 62.7 Å². The van der Waals surface area contributed by atoms with E-state index in [-0.39, 0.29) is 24.5 Å². The Morgan fingerprint density at radius 3 is 2.21 bits per heavy atom. The highest BCUT2D eigenvalue weighted by atomic mass is 16.2. The number of amides is 1. The monoisotopic (exact) mass is 323 g/mol. The highest BCUT2D eigenvalue weighted by Crippen LogP contribution is 2.15. The summed E-state index contributed by atoms with van der Waals surface area (Å²) < 4.78 is 0. The summed E-state index contributed by atoms with van der Waals surface area (Å²) in [5, 5.41) is 0. The number of hydrogen-bond donors (Lipinski definition) is 0. The Morgan fingerprint density at radius 2 is 1.54 bits per heavy atom. The largest absolute Gasteiger partial charge is 0.368 e. The van der Waals surface area contributed by atoms with Crippen LogP contribution < -0.4 is 4.90 Å². The van der Waals surface area contributed by atoms with Crippen molar-refractivity contribution in [2.24, 2.45) is 0 Å². The Morgan fingerprint density at radius 1 is 0.875 bits per heavy atom. The number of rotatable bonds is 5. The second-order valence-electron chi connectivity index (χ2n) is 5.86. The lowest BCUT2D eigenvalue weighted by Crippen LogP contribution is -2.48. The minimum absolute atomic E-state index is 0.0272. The molecule has 0 radical (unpaired) electrons. The van der Waals surface area contributed by atoms with Crippen LogP contribution in [-0.2, 0) is 4.79 Å². The number of carbonyl (C=O) groups is 2. The Labute approximate surface area is 141 Å². The highest BCUT2D eigenvalue weighted by Gasteiger charge is 2.21. The fourth-order valence-corrected chi connectivity index (χ4v) is 2.92. The first-order valence-corrected chi connectivity index (χ1v) is 8.25. The first kappa shape index (κ1) is 16.2. The molecular formula is C19H21N3O2. The van der Waals surface area contributed by atoms with Gasteiger partial charge in [-0.15, -0.1) is 0 Å². The smallest absolute Gasteiger partial charge is 0.223 e. The van der Waals surface area contributed by atoms with E-state index in [9.17, 15) is 9.59 Å². The van der Waals surface area contributed by atoms with Gasteiger partial charge in [-0.1, -0.05) is 30.3 Å². The lowest BCUT2D eigenvalue weighted by atomic mass is 10.1. The summed E-state index contributed by atoms with van der Waals surface area (Å²) in [4.78, 5) is 32.5. The third-order valence-electron chi connectivity index (χ3n) is 4.32. The van der Waals surface area contributed by atoms with Crippen molar-refractivity contribution in [3.8, 4) is 0 Å². The molecule has 1 fully saturated rings. The standard InChI is InChI=1S/C19H21N3O2/c23-18(16-4-2-1-3-5-16)6-7-19(24)22-14-12-21(13-15-22)17-8-10-20-11-9-17/h1-5,8-11H,6-7,12-15H2. The zero-order valence-corrected chi connectivity index (χ0v) is 13.6. The van der Waals surface area contributed by atoms with E-state index >= 15 is 0 Å². The minimum Gasteiger partial charge on any atom is -0.368 e. The molecule has 1 amide bonds. The van der Waals surface area contributed by atoms with E-state index in [0.29, 0.717) is 18.7 Å². The van der Waals surface area contributed by atoms with Crippen LogP contribution in [0.1, 0.15) is 23.2 Å². The number of aromatic nitrogens is 1. The van der Waals surface area contributed by atoms with Crippen molar-refractivity contribution in [1.82, 2.24) is 9.88 Å². The Hall–Kier alpha value is -2.69. The van der Waals surface area contributed by atoms with Gasteiger partial charge in [0.2, 0.25) is 5.91 Å². The van der Waals surface area contributed by atoms with Gasteiger partial charge in [0.15, 0.2) is 5.78 Å². The van der Waals surface area contributed by atoms with Crippen LogP contribution in [0.25, 0.3) is 0 Å². The van der Waals surface area contributed by atoms with E-state index in [1.807, 2.05) is 35.2 Å². The molecule has 24 heavy (non-hydrogen) atoms. The molecule has 2 heterocycles. The van der Waals surface area contributed by atoms with Crippen LogP contribution in [-0.4, -0.2) is 47.8 Å². The van der Waals surface area contributed by atoms with E-state index in [2.05, 4.69) is 9.88 Å². The van der Waals surface area contributed by atoms with Gasteiger partial charge in [0.1, 0.15) is 0 Å². The molecule has 1 aromatic carbocycles. The normalized spacial score (nSPS) is 14.5. The predicted molar refractivity (Wildman–Crippen MR) is 93.0 cm³/mol. The zero-order valence-electron chi connectivity index (χ0n) is 13.6. The maximum Gasteiger partial charge on any atom is 0.223 e. The van der Waals surface area contributed by atoms with Gasteiger partial charge in [-0.2, -0.15) is 0 Å². The molecule has 0 atom stereocenters. The predicted octanol–water partition coefficient (Wildman–Crippen LogP) is 2.39. The topological polar surface area (TPSA) is 53.5 Å². The average molecular weight is 323 g/mol. The summed E-state index contributed by atoms with van der Waals surface area (Å²) in [7, 11) is 0. The highest BCUT2D eigenvalue weighted by molar-refractivity contribution is 5.97. The average Bonchev–Trinajstić information content (AvgIpc) is 2.67. The number of ketones is 1. The van der Waals surface area contributed by atoms with Crippen LogP contribution in [0.3, 0.4) is 0 Å². The minimum atomic E-state index is 0.0272. The number of nitrogens with zero attached hydrogens (tertiary/aromatic N) is 3. The van der Waals surface area contributed by atoms with Crippen LogP contribution in [0.5, 0.6) is 0 Å². The quantitative estimate of drug-likeness (QED) is 0.793. The van der Waals surface area contributed by atoms with Gasteiger partial charge >= 0.3 is 0 Å². The van der Waals surface area contributed by atoms with Crippen molar-refractivity contribution in [3.05, 3.63) is 60.4 Å². The van der Waals surface area contributed by atoms with Crippen LogP contribution in [0.4, 0.5) is 5.69 Å². The SMILES string of the molecule is O=C(CCC(=O)N1CCN(c2ccncc2)CC1)c1ccccc1. The molecule has 1 aromatic heterocycles. The van der Waals surface area contributed by atoms with Crippen molar-refractivity contribution in [2.75, 3.05) is 31.1 Å². The summed E-state index contributed by atoms with van der Waals surface area (Å²) in [6.45, 7) is 3.01. The van der Waals surface area contributed by atoms with Crippen LogP contribution in [0, 0.1) is 0 Å². The van der Waals surface area contributed by atoms with Gasteiger partial charge in [0.25, 0.3) is 0 Å². The van der Waals surface area contributed by atoms with Crippen LogP contribution >= 0.6 is 0 Å². The van der Waals surface area contributed by atoms with E-state index in [4.69, 9.17) is 0 Å². The number of Topliss-reactive ketones (excluding diaryl/α,β-unsaturated/α-hetero) is 1. The summed E-state index contributed by atoms with van der Waals surface area (Å²) in [5.74, 6) is 0.0908. The molecule has 0 aliphatic carbocycles. The van der Waals surface area contributed by atoms with E-state index in [0.717, 1.165) is 18.8 Å². The van der Waals surface area contributed by atoms with Gasteiger partial charge < -0.3 is 9.80 Å². The molecule has 0 saturated carbocycles. The fourth-order valence-electron chi connectivity index (χ4n) is 2.92. The lowest BCUT2D eigenvalue weighted by Gasteiger charge is -2.36. The molecular weight excluding hydrogens is 302 g/mol. The molecule has 0 bridgehead atoms. The third-order valence-corrected chi connectivity index (χ3v) is 4.32. The fraction of sp³-hybridized carbons (Fsp3) is 0.316. The van der Waals surface area contributed by atoms with Crippen LogP contribution in [0.15, 0.2) is 54.9 Å². The number of anilines is 1. The summed E-state index contributed by atoms with van der Waals surface area (Å²) >= 11 is 0. The first-order valence-electron chi connectivity index (χ1n) is 8.25. The maximum absolute atomic E-state index is 12.3. The van der Waals surface area contributed by atoms with Crippen molar-refractivity contribution < 1.29 is 9.59 Å². The number of piperazine rings is 1. The van der Waals surface area contributed by atoms with Gasteiger partial charge in [-0.25, -0.2) is 0 Å². The van der Waals surface area contributed by atoms with Gasteiger partial charge in [-0.3, -0.25) is 14.6 Å². The molecule has 1 saturated heterocycles. The first-order chi connectivity index (χ1) is 11.7. The number of pyridine rings is 1. The number of hydrogen-bond acceptors (Lipinski definition) is 4. The lowest BCUT2D eigenvalue weighted by molar-refractivity contribution is -0.131. The molecule has 0 N–H and O–H groups in total. The molecule has 5 nitrogen and oxygen atoms in total. The second-order valence-corrected chi connectivity index (χ2v) is 5.86. The van der Waals surface area contributed by atoms with Crippen LogP contribution in [0.2, 0.25) is 0 Å². The van der Waals surface area contributed by atoms with Crippen molar-refractivity contribution in [2.45, 2.75) is 12.8 Å². The Kier molecular flexibility index (Phi) is 5.21. The Balaban J connectivity index is 1.46. The van der Waals surface area contributed by atoms with Crippen molar-refractivity contribution >= 4 is 17.4 Å². The molecule has 1 aliphatic rings. The van der Waals surface area contributed by atoms with E-state index in [1.165, 1.54) is 0 Å². The van der Waals surface area contributed by atoms with Gasteiger partial charge in [-0.05, 0) is 12.1 Å². The summed E-state index contributed by atoms with van der Waals surface area (Å²) in [6, 6.07) is 13.1. The molecule has 124 valence electrons. The van der Waals surface area contributed by atoms with Gasteiger partial charge in [0.05, 0.1) is 0 Å². The summed E-state index contributed by atoms with van der Waals surface area (Å²) in [6.07, 6.45) is 4.11.